The van der Waals surface area contributed by atoms with Gasteiger partial charge < -0.3 is 4.98 Å². The summed E-state index contributed by atoms with van der Waals surface area (Å²) in [5, 5.41) is 0. The van der Waals surface area contributed by atoms with Crippen LogP contribution in [0.15, 0.2) is 18.2 Å². The van der Waals surface area contributed by atoms with Crippen molar-refractivity contribution in [3.63, 3.8) is 0 Å². The van der Waals surface area contributed by atoms with Crippen LogP contribution in [-0.2, 0) is 19.3 Å². The van der Waals surface area contributed by atoms with Gasteiger partial charge in [0, 0.05) is 17.7 Å². The van der Waals surface area contributed by atoms with Crippen LogP contribution in [0.3, 0.4) is 0 Å². The van der Waals surface area contributed by atoms with Gasteiger partial charge in [-0.25, -0.2) is 4.98 Å². The van der Waals surface area contributed by atoms with E-state index < -0.39 is 0 Å². The van der Waals surface area contributed by atoms with Crippen molar-refractivity contribution in [2.75, 3.05) is 0 Å². The van der Waals surface area contributed by atoms with Crippen molar-refractivity contribution in [2.45, 2.75) is 46.0 Å². The summed E-state index contributed by atoms with van der Waals surface area (Å²) in [7, 11) is 0. The van der Waals surface area contributed by atoms with Crippen LogP contribution in [0.1, 0.15) is 49.3 Å². The van der Waals surface area contributed by atoms with Crippen LogP contribution in [0, 0.1) is 0 Å². The van der Waals surface area contributed by atoms with E-state index in [-0.39, 0.29) is 0 Å². The Morgan fingerprint density at radius 2 is 2.11 bits per heavy atom. The van der Waals surface area contributed by atoms with Crippen molar-refractivity contribution in [1.82, 2.24) is 9.97 Å². The molecule has 1 aromatic carbocycles. The van der Waals surface area contributed by atoms with Crippen LogP contribution in [0.5, 0.6) is 0 Å². The lowest BCUT2D eigenvalue weighted by Crippen LogP contribution is -2.04. The van der Waals surface area contributed by atoms with Crippen LogP contribution >= 0.6 is 0 Å². The minimum atomic E-state index is 0.599. The molecule has 0 aliphatic heterocycles. The van der Waals surface area contributed by atoms with Gasteiger partial charge in [0.1, 0.15) is 5.82 Å². The molecule has 1 heterocycles. The zero-order chi connectivity index (χ0) is 12.7. The third kappa shape index (κ3) is 1.76. The van der Waals surface area contributed by atoms with Crippen molar-refractivity contribution in [1.29, 1.82) is 0 Å². The van der Waals surface area contributed by atoms with Crippen molar-refractivity contribution in [2.24, 2.45) is 0 Å². The predicted octanol–water partition coefficient (Wildman–Crippen LogP) is 3.86. The van der Waals surface area contributed by atoms with E-state index in [0.717, 1.165) is 25.1 Å². The fourth-order valence-electron chi connectivity index (χ4n) is 2.71. The molecule has 3 rings (SSSR count). The molecule has 1 aliphatic rings. The Bertz CT molecular complexity index is 579. The van der Waals surface area contributed by atoms with E-state index in [4.69, 9.17) is 4.98 Å². The highest BCUT2D eigenvalue weighted by Gasteiger charge is 2.20. The second-order valence-electron chi connectivity index (χ2n) is 5.44. The molecular weight excluding hydrogens is 220 g/mol. The maximum Gasteiger partial charge on any atom is 0.106 e. The van der Waals surface area contributed by atoms with Gasteiger partial charge in [-0.05, 0) is 29.9 Å². The van der Waals surface area contributed by atoms with E-state index in [2.05, 4.69) is 44.0 Å². The smallest absolute Gasteiger partial charge is 0.106 e. The van der Waals surface area contributed by atoms with Gasteiger partial charge in [0.2, 0.25) is 0 Å². The molecule has 0 saturated carbocycles. The van der Waals surface area contributed by atoms with Crippen molar-refractivity contribution < 1.29 is 0 Å². The molecule has 0 fully saturated rings. The molecule has 0 spiro atoms. The summed E-state index contributed by atoms with van der Waals surface area (Å²) >= 11 is 0. The standard InChI is InChI=1S/C16H20N2/c1-4-15-17-14-8-6-12-9-11(10(2)3)5-7-13(12)16(14)18-15/h5,7,9-10H,4,6,8H2,1-3H3,(H,17,18). The summed E-state index contributed by atoms with van der Waals surface area (Å²) in [6, 6.07) is 6.87. The number of hydrogen-bond donors (Lipinski definition) is 1. The quantitative estimate of drug-likeness (QED) is 0.848. The summed E-state index contributed by atoms with van der Waals surface area (Å²) in [5.41, 5.74) is 6.72. The monoisotopic (exact) mass is 240 g/mol. The lowest BCUT2D eigenvalue weighted by atomic mass is 9.89. The Kier molecular flexibility index (Phi) is 2.73. The van der Waals surface area contributed by atoms with E-state index >= 15 is 0 Å². The number of aryl methyl sites for hydroxylation is 3. The van der Waals surface area contributed by atoms with Crippen molar-refractivity contribution in [3.8, 4) is 11.3 Å². The number of aromatic nitrogens is 2. The van der Waals surface area contributed by atoms with Gasteiger partial charge in [-0.15, -0.1) is 0 Å². The van der Waals surface area contributed by atoms with Gasteiger partial charge in [0.05, 0.1) is 5.69 Å². The Morgan fingerprint density at radius 3 is 2.83 bits per heavy atom. The Balaban J connectivity index is 2.10. The fourth-order valence-corrected chi connectivity index (χ4v) is 2.71. The normalized spacial score (nSPS) is 13.6. The summed E-state index contributed by atoms with van der Waals surface area (Å²) in [6.07, 6.45) is 3.21. The zero-order valence-electron chi connectivity index (χ0n) is 11.4. The van der Waals surface area contributed by atoms with Gasteiger partial charge >= 0.3 is 0 Å². The molecule has 1 aromatic heterocycles. The first-order chi connectivity index (χ1) is 8.69. The highest BCUT2D eigenvalue weighted by Crippen LogP contribution is 2.33. The molecule has 2 aromatic rings. The lowest BCUT2D eigenvalue weighted by Gasteiger charge is -2.17. The molecule has 0 atom stereocenters. The number of imidazole rings is 1. The van der Waals surface area contributed by atoms with Crippen LogP contribution < -0.4 is 0 Å². The molecule has 2 nitrogen and oxygen atoms in total. The van der Waals surface area contributed by atoms with Gasteiger partial charge in [-0.1, -0.05) is 39.0 Å². The zero-order valence-corrected chi connectivity index (χ0v) is 11.4. The molecule has 94 valence electrons. The number of benzene rings is 1. The molecule has 0 radical (unpaired) electrons. The molecule has 2 heteroatoms. The number of H-pyrrole nitrogens is 1. The molecule has 0 unspecified atom stereocenters. The number of hydrogen-bond acceptors (Lipinski definition) is 1. The summed E-state index contributed by atoms with van der Waals surface area (Å²) in [6.45, 7) is 6.65. The second kappa shape index (κ2) is 4.27. The molecule has 0 bridgehead atoms. The fraction of sp³-hybridized carbons (Fsp3) is 0.438. The average molecular weight is 240 g/mol. The SMILES string of the molecule is CCc1nc2c([nH]1)CCc1cc(C(C)C)ccc1-2. The lowest BCUT2D eigenvalue weighted by molar-refractivity contribution is 0.850. The summed E-state index contributed by atoms with van der Waals surface area (Å²) < 4.78 is 0. The first-order valence-corrected chi connectivity index (χ1v) is 6.90. The Labute approximate surface area is 108 Å². The van der Waals surface area contributed by atoms with E-state index in [0.29, 0.717) is 5.92 Å². The molecule has 1 aliphatic carbocycles. The first-order valence-electron chi connectivity index (χ1n) is 6.90. The van der Waals surface area contributed by atoms with Crippen LogP contribution in [-0.4, -0.2) is 9.97 Å². The topological polar surface area (TPSA) is 28.7 Å². The van der Waals surface area contributed by atoms with E-state index in [1.54, 1.807) is 0 Å². The van der Waals surface area contributed by atoms with Crippen LogP contribution in [0.25, 0.3) is 11.3 Å². The van der Waals surface area contributed by atoms with E-state index in [1.807, 2.05) is 0 Å². The van der Waals surface area contributed by atoms with Gasteiger partial charge in [0.15, 0.2) is 0 Å². The largest absolute Gasteiger partial charge is 0.345 e. The molecule has 18 heavy (non-hydrogen) atoms. The number of nitrogens with one attached hydrogen (secondary N) is 1. The molecule has 1 N–H and O–H groups in total. The van der Waals surface area contributed by atoms with Crippen LogP contribution in [0.4, 0.5) is 0 Å². The van der Waals surface area contributed by atoms with E-state index in [9.17, 15) is 0 Å². The third-order valence-corrected chi connectivity index (χ3v) is 3.86. The first kappa shape index (κ1) is 11.5. The van der Waals surface area contributed by atoms with E-state index in [1.165, 1.54) is 28.1 Å². The Hall–Kier alpha value is -1.57. The summed E-state index contributed by atoms with van der Waals surface area (Å²) in [4.78, 5) is 8.18. The van der Waals surface area contributed by atoms with Crippen molar-refractivity contribution >= 4 is 0 Å². The number of aromatic amines is 1. The van der Waals surface area contributed by atoms with Gasteiger partial charge in [-0.2, -0.15) is 0 Å². The van der Waals surface area contributed by atoms with Gasteiger partial charge in [-0.3, -0.25) is 0 Å². The predicted molar refractivity (Wildman–Crippen MR) is 74.9 cm³/mol. The second-order valence-corrected chi connectivity index (χ2v) is 5.44. The molecule has 0 saturated heterocycles. The Morgan fingerprint density at radius 1 is 1.28 bits per heavy atom. The maximum atomic E-state index is 4.73. The number of rotatable bonds is 2. The highest BCUT2D eigenvalue weighted by molar-refractivity contribution is 5.69. The number of fused-ring (bicyclic) bond motifs is 3. The molecular formula is C16H20N2. The highest BCUT2D eigenvalue weighted by atomic mass is 14.9. The van der Waals surface area contributed by atoms with Crippen molar-refractivity contribution in [3.05, 3.63) is 40.8 Å². The van der Waals surface area contributed by atoms with Gasteiger partial charge in [0.25, 0.3) is 0 Å². The summed E-state index contributed by atoms with van der Waals surface area (Å²) in [5.74, 6) is 1.71. The maximum absolute atomic E-state index is 4.73. The minimum Gasteiger partial charge on any atom is -0.345 e. The minimum absolute atomic E-state index is 0.599. The van der Waals surface area contributed by atoms with Crippen LogP contribution in [0.2, 0.25) is 0 Å². The molecule has 0 amide bonds. The third-order valence-electron chi connectivity index (χ3n) is 3.86. The average Bonchev–Trinajstić information content (AvgIpc) is 2.81. The number of nitrogens with zero attached hydrogens (tertiary/aromatic N) is 1.